The number of carbonyl (C=O) groups is 1. The van der Waals surface area contributed by atoms with E-state index in [0.29, 0.717) is 23.1 Å². The van der Waals surface area contributed by atoms with Gasteiger partial charge in [0.05, 0.1) is 12.6 Å². The number of nitrogens with one attached hydrogen (secondary N) is 1. The predicted octanol–water partition coefficient (Wildman–Crippen LogP) is 3.99. The lowest BCUT2D eigenvalue weighted by Crippen LogP contribution is -2.31. The van der Waals surface area contributed by atoms with Crippen molar-refractivity contribution in [3.8, 4) is 11.5 Å². The van der Waals surface area contributed by atoms with Gasteiger partial charge in [0, 0.05) is 5.02 Å². The van der Waals surface area contributed by atoms with Crippen LogP contribution in [0.25, 0.3) is 0 Å². The van der Waals surface area contributed by atoms with E-state index in [-0.39, 0.29) is 18.6 Å². The molecule has 0 bridgehead atoms. The highest BCUT2D eigenvalue weighted by atomic mass is 35.5. The van der Waals surface area contributed by atoms with Crippen molar-refractivity contribution >= 4 is 17.5 Å². The first kappa shape index (κ1) is 17.2. The van der Waals surface area contributed by atoms with Crippen LogP contribution in [0.3, 0.4) is 0 Å². The summed E-state index contributed by atoms with van der Waals surface area (Å²) in [5, 5.41) is 3.56. The second-order valence-corrected chi connectivity index (χ2v) is 5.45. The first-order valence-electron chi connectivity index (χ1n) is 7.49. The summed E-state index contributed by atoms with van der Waals surface area (Å²) in [5.74, 6) is 0.996. The third-order valence-corrected chi connectivity index (χ3v) is 3.51. The van der Waals surface area contributed by atoms with Crippen molar-refractivity contribution in [3.63, 3.8) is 0 Å². The highest BCUT2D eigenvalue weighted by Crippen LogP contribution is 2.26. The van der Waals surface area contributed by atoms with E-state index in [1.54, 1.807) is 18.2 Å². The summed E-state index contributed by atoms with van der Waals surface area (Å²) in [7, 11) is 0. The lowest BCUT2D eigenvalue weighted by atomic mass is 10.1. The van der Waals surface area contributed by atoms with Crippen molar-refractivity contribution in [2.75, 3.05) is 13.2 Å². The first-order valence-corrected chi connectivity index (χ1v) is 7.87. The molecule has 0 aromatic heterocycles. The third kappa shape index (κ3) is 5.18. The number of hydrogen-bond acceptors (Lipinski definition) is 3. The van der Waals surface area contributed by atoms with E-state index < -0.39 is 0 Å². The Morgan fingerprint density at radius 2 is 1.70 bits per heavy atom. The molecule has 1 unspecified atom stereocenters. The Labute approximate surface area is 141 Å². The van der Waals surface area contributed by atoms with E-state index in [0.717, 1.165) is 5.56 Å². The van der Waals surface area contributed by atoms with E-state index in [9.17, 15) is 4.79 Å². The van der Waals surface area contributed by atoms with Crippen LogP contribution in [0.5, 0.6) is 11.5 Å². The molecule has 5 heteroatoms. The Balaban J connectivity index is 1.89. The van der Waals surface area contributed by atoms with Gasteiger partial charge in [-0.2, -0.15) is 0 Å². The Morgan fingerprint density at radius 1 is 1.09 bits per heavy atom. The van der Waals surface area contributed by atoms with Gasteiger partial charge in [-0.1, -0.05) is 35.9 Å². The van der Waals surface area contributed by atoms with Crippen LogP contribution < -0.4 is 14.8 Å². The molecule has 2 aromatic carbocycles. The number of benzene rings is 2. The second-order valence-electron chi connectivity index (χ2n) is 5.01. The second kappa shape index (κ2) is 8.44. The summed E-state index contributed by atoms with van der Waals surface area (Å²) in [6.45, 7) is 4.29. The molecule has 23 heavy (non-hydrogen) atoms. The fourth-order valence-electron chi connectivity index (χ4n) is 2.11. The highest BCUT2D eigenvalue weighted by molar-refractivity contribution is 6.30. The molecular formula is C18H20ClNO3. The van der Waals surface area contributed by atoms with Crippen LogP contribution in [-0.4, -0.2) is 19.1 Å². The van der Waals surface area contributed by atoms with Crippen molar-refractivity contribution in [3.05, 3.63) is 59.1 Å². The van der Waals surface area contributed by atoms with Crippen LogP contribution in [0.2, 0.25) is 5.02 Å². The van der Waals surface area contributed by atoms with Gasteiger partial charge in [0.25, 0.3) is 5.91 Å². The fraction of sp³-hybridized carbons (Fsp3) is 0.278. The average Bonchev–Trinajstić information content (AvgIpc) is 2.55. The number of para-hydroxylation sites is 2. The molecule has 1 amide bonds. The van der Waals surface area contributed by atoms with Crippen molar-refractivity contribution in [2.24, 2.45) is 0 Å². The monoisotopic (exact) mass is 333 g/mol. The molecule has 0 aliphatic carbocycles. The van der Waals surface area contributed by atoms with Gasteiger partial charge >= 0.3 is 0 Å². The Hall–Kier alpha value is -2.20. The minimum Gasteiger partial charge on any atom is -0.490 e. The van der Waals surface area contributed by atoms with E-state index in [4.69, 9.17) is 21.1 Å². The molecule has 2 aromatic rings. The van der Waals surface area contributed by atoms with Crippen molar-refractivity contribution in [1.82, 2.24) is 5.32 Å². The van der Waals surface area contributed by atoms with E-state index in [1.807, 2.05) is 44.2 Å². The molecule has 0 radical (unpaired) electrons. The topological polar surface area (TPSA) is 47.6 Å². The molecule has 122 valence electrons. The van der Waals surface area contributed by atoms with E-state index in [2.05, 4.69) is 5.32 Å². The molecule has 1 N–H and O–H groups in total. The molecule has 2 rings (SSSR count). The average molecular weight is 334 g/mol. The minimum atomic E-state index is -0.196. The lowest BCUT2D eigenvalue weighted by molar-refractivity contribution is -0.123. The zero-order chi connectivity index (χ0) is 16.7. The van der Waals surface area contributed by atoms with Gasteiger partial charge in [-0.05, 0) is 43.7 Å². The summed E-state index contributed by atoms with van der Waals surface area (Å²) in [5.41, 5.74) is 0.984. The predicted molar refractivity (Wildman–Crippen MR) is 91.1 cm³/mol. The molecule has 0 fully saturated rings. The summed E-state index contributed by atoms with van der Waals surface area (Å²) in [6, 6.07) is 14.5. The number of carbonyl (C=O) groups excluding carboxylic acids is 1. The van der Waals surface area contributed by atoms with Gasteiger partial charge in [-0.3, -0.25) is 4.79 Å². The molecule has 1 atom stereocenters. The third-order valence-electron chi connectivity index (χ3n) is 3.26. The first-order chi connectivity index (χ1) is 11.1. The quantitative estimate of drug-likeness (QED) is 0.833. The van der Waals surface area contributed by atoms with Gasteiger partial charge < -0.3 is 14.8 Å². The van der Waals surface area contributed by atoms with Crippen LogP contribution in [0.1, 0.15) is 25.5 Å². The lowest BCUT2D eigenvalue weighted by Gasteiger charge is -2.15. The molecule has 0 aliphatic heterocycles. The molecule has 0 heterocycles. The Bertz CT molecular complexity index is 643. The van der Waals surface area contributed by atoms with Crippen molar-refractivity contribution in [1.29, 1.82) is 0 Å². The maximum Gasteiger partial charge on any atom is 0.258 e. The number of halogens is 1. The number of amides is 1. The van der Waals surface area contributed by atoms with Crippen LogP contribution in [0.15, 0.2) is 48.5 Å². The molecule has 0 aliphatic rings. The zero-order valence-corrected chi connectivity index (χ0v) is 14.0. The van der Waals surface area contributed by atoms with Crippen molar-refractivity contribution in [2.45, 2.75) is 19.9 Å². The number of hydrogen-bond donors (Lipinski definition) is 1. The van der Waals surface area contributed by atoms with Gasteiger partial charge in [-0.25, -0.2) is 0 Å². The zero-order valence-electron chi connectivity index (χ0n) is 13.2. The molecule has 4 nitrogen and oxygen atoms in total. The number of ether oxygens (including phenoxy) is 2. The van der Waals surface area contributed by atoms with Gasteiger partial charge in [-0.15, -0.1) is 0 Å². The van der Waals surface area contributed by atoms with Gasteiger partial charge in [0.15, 0.2) is 18.1 Å². The van der Waals surface area contributed by atoms with Crippen LogP contribution in [-0.2, 0) is 4.79 Å². The molecule has 0 saturated carbocycles. The molecule has 0 spiro atoms. The van der Waals surface area contributed by atoms with Gasteiger partial charge in [0.1, 0.15) is 0 Å². The van der Waals surface area contributed by atoms with Gasteiger partial charge in [0.2, 0.25) is 0 Å². The van der Waals surface area contributed by atoms with Crippen LogP contribution in [0, 0.1) is 0 Å². The Kier molecular flexibility index (Phi) is 6.29. The SMILES string of the molecule is CCOc1ccccc1OCC(=O)NC(C)c1ccc(Cl)cc1. The minimum absolute atomic E-state index is 0.0674. The summed E-state index contributed by atoms with van der Waals surface area (Å²) < 4.78 is 11.0. The highest BCUT2D eigenvalue weighted by Gasteiger charge is 2.11. The molecule has 0 saturated heterocycles. The number of rotatable bonds is 7. The summed E-state index contributed by atoms with van der Waals surface area (Å²) in [4.78, 5) is 12.0. The van der Waals surface area contributed by atoms with E-state index >= 15 is 0 Å². The Morgan fingerprint density at radius 3 is 2.30 bits per heavy atom. The van der Waals surface area contributed by atoms with Crippen LogP contribution >= 0.6 is 11.6 Å². The maximum atomic E-state index is 12.0. The fourth-order valence-corrected chi connectivity index (χ4v) is 2.23. The summed E-state index contributed by atoms with van der Waals surface area (Å²) >= 11 is 5.86. The van der Waals surface area contributed by atoms with E-state index in [1.165, 1.54) is 0 Å². The summed E-state index contributed by atoms with van der Waals surface area (Å²) in [6.07, 6.45) is 0. The maximum absolute atomic E-state index is 12.0. The smallest absolute Gasteiger partial charge is 0.258 e. The van der Waals surface area contributed by atoms with Crippen LogP contribution in [0.4, 0.5) is 0 Å². The largest absolute Gasteiger partial charge is 0.490 e. The standard InChI is InChI=1S/C18H20ClNO3/c1-3-22-16-6-4-5-7-17(16)23-12-18(21)20-13(2)14-8-10-15(19)11-9-14/h4-11,13H,3,12H2,1-2H3,(H,20,21). The normalized spacial score (nSPS) is 11.6. The molecular weight excluding hydrogens is 314 g/mol. The van der Waals surface area contributed by atoms with Crippen molar-refractivity contribution < 1.29 is 14.3 Å².